The number of aliphatic hydroxyl groups is 1. The second kappa shape index (κ2) is 5.00. The van der Waals surface area contributed by atoms with Crippen molar-refractivity contribution >= 4 is 11.5 Å². The molecule has 0 atom stereocenters. The van der Waals surface area contributed by atoms with Crippen LogP contribution in [0.5, 0.6) is 0 Å². The molecule has 0 aliphatic rings. The molecule has 0 bridgehead atoms. The van der Waals surface area contributed by atoms with Crippen molar-refractivity contribution in [2.75, 3.05) is 11.9 Å². The van der Waals surface area contributed by atoms with Gasteiger partial charge in [0.05, 0.1) is 5.60 Å². The molecule has 0 saturated heterocycles. The Kier molecular flexibility index (Phi) is 3.57. The van der Waals surface area contributed by atoms with Crippen LogP contribution in [-0.4, -0.2) is 36.8 Å². The summed E-state index contributed by atoms with van der Waals surface area (Å²) in [7, 11) is 0. The lowest BCUT2D eigenvalue weighted by atomic mass is 9.98. The monoisotopic (exact) mass is 265 g/mol. The maximum Gasteiger partial charge on any atom is 0.349 e. The zero-order chi connectivity index (χ0) is 14.0. The van der Waals surface area contributed by atoms with Crippen molar-refractivity contribution < 1.29 is 5.11 Å². The molecule has 0 saturated carbocycles. The van der Waals surface area contributed by atoms with E-state index in [4.69, 9.17) is 0 Å². The lowest BCUT2D eigenvalue weighted by molar-refractivity contribution is 0.0456. The molecule has 2 rings (SSSR count). The molecule has 0 unspecified atom stereocenters. The number of nitrogens with one attached hydrogen (secondary N) is 2. The minimum atomic E-state index is -0.743. The summed E-state index contributed by atoms with van der Waals surface area (Å²) in [6, 6.07) is 1.68. The largest absolute Gasteiger partial charge is 0.388 e. The lowest BCUT2D eigenvalue weighted by Gasteiger charge is -2.25. The van der Waals surface area contributed by atoms with Gasteiger partial charge in [0.1, 0.15) is 11.6 Å². The van der Waals surface area contributed by atoms with Gasteiger partial charge in [-0.1, -0.05) is 13.8 Å². The molecule has 0 aromatic carbocycles. The van der Waals surface area contributed by atoms with Gasteiger partial charge in [0.15, 0.2) is 5.65 Å². The summed E-state index contributed by atoms with van der Waals surface area (Å²) in [6.07, 6.45) is 1.33. The number of hydrogen-bond donors (Lipinski definition) is 3. The van der Waals surface area contributed by atoms with E-state index in [1.165, 1.54) is 4.40 Å². The molecule has 0 aliphatic carbocycles. The number of anilines is 1. The van der Waals surface area contributed by atoms with E-state index in [2.05, 4.69) is 20.5 Å². The van der Waals surface area contributed by atoms with E-state index in [1.54, 1.807) is 13.0 Å². The number of fused-ring (bicyclic) bond motifs is 1. The third-order valence-corrected chi connectivity index (χ3v) is 3.48. The molecule has 7 nitrogen and oxygen atoms in total. The van der Waals surface area contributed by atoms with Crippen molar-refractivity contribution in [3.05, 3.63) is 22.4 Å². The predicted octanol–water partition coefficient (Wildman–Crippen LogP) is 0.689. The van der Waals surface area contributed by atoms with Crippen molar-refractivity contribution in [1.82, 2.24) is 19.6 Å². The molecule has 19 heavy (non-hydrogen) atoms. The normalized spacial score (nSPS) is 12.0. The average Bonchev–Trinajstić information content (AvgIpc) is 2.78. The summed E-state index contributed by atoms with van der Waals surface area (Å²) >= 11 is 0. The molecular formula is C12H19N5O2. The van der Waals surface area contributed by atoms with Crippen molar-refractivity contribution in [3.63, 3.8) is 0 Å². The highest BCUT2D eigenvalue weighted by molar-refractivity contribution is 5.49. The van der Waals surface area contributed by atoms with E-state index in [0.29, 0.717) is 36.7 Å². The van der Waals surface area contributed by atoms with Crippen LogP contribution in [0, 0.1) is 6.92 Å². The van der Waals surface area contributed by atoms with E-state index in [0.717, 1.165) is 0 Å². The Balaban J connectivity index is 2.25. The number of hydrogen-bond acceptors (Lipinski definition) is 5. The van der Waals surface area contributed by atoms with Crippen LogP contribution in [0.4, 0.5) is 5.82 Å². The van der Waals surface area contributed by atoms with E-state index >= 15 is 0 Å². The molecule has 2 heterocycles. The highest BCUT2D eigenvalue weighted by Gasteiger charge is 2.22. The van der Waals surface area contributed by atoms with Crippen LogP contribution in [0.25, 0.3) is 5.65 Å². The number of rotatable bonds is 5. The van der Waals surface area contributed by atoms with E-state index in [9.17, 15) is 9.90 Å². The smallest absolute Gasteiger partial charge is 0.349 e. The fourth-order valence-electron chi connectivity index (χ4n) is 1.94. The van der Waals surface area contributed by atoms with Crippen molar-refractivity contribution in [2.45, 2.75) is 39.2 Å². The average molecular weight is 265 g/mol. The third kappa shape index (κ3) is 2.60. The van der Waals surface area contributed by atoms with E-state index in [1.807, 2.05) is 13.8 Å². The van der Waals surface area contributed by atoms with Crippen molar-refractivity contribution in [2.24, 2.45) is 0 Å². The standard InChI is InChI=1S/C12H19N5O2/c1-4-12(19,5-2)7-13-9-6-10-15-16-11(18)17(10)8(3)14-9/h6,13,19H,4-5,7H2,1-3H3,(H,16,18). The second-order valence-electron chi connectivity index (χ2n) is 4.70. The minimum absolute atomic E-state index is 0.301. The van der Waals surface area contributed by atoms with Gasteiger partial charge < -0.3 is 10.4 Å². The van der Waals surface area contributed by atoms with Crippen LogP contribution in [0.1, 0.15) is 32.5 Å². The predicted molar refractivity (Wildman–Crippen MR) is 72.4 cm³/mol. The number of aryl methyl sites for hydroxylation is 1. The fraction of sp³-hybridized carbons (Fsp3) is 0.583. The zero-order valence-electron chi connectivity index (χ0n) is 11.4. The summed E-state index contributed by atoms with van der Waals surface area (Å²) < 4.78 is 1.40. The van der Waals surface area contributed by atoms with Gasteiger partial charge in [-0.25, -0.2) is 19.3 Å². The molecule has 0 radical (unpaired) electrons. The van der Waals surface area contributed by atoms with Crippen LogP contribution in [-0.2, 0) is 0 Å². The van der Waals surface area contributed by atoms with Gasteiger partial charge in [-0.2, -0.15) is 5.10 Å². The summed E-state index contributed by atoms with van der Waals surface area (Å²) in [5.41, 5.74) is -0.533. The first-order valence-electron chi connectivity index (χ1n) is 6.40. The molecule has 0 amide bonds. The Morgan fingerprint density at radius 3 is 2.79 bits per heavy atom. The first-order valence-corrected chi connectivity index (χ1v) is 6.40. The van der Waals surface area contributed by atoms with Gasteiger partial charge in [0.25, 0.3) is 0 Å². The Labute approximate surface area is 110 Å². The summed E-state index contributed by atoms with van der Waals surface area (Å²) in [4.78, 5) is 15.8. The van der Waals surface area contributed by atoms with Gasteiger partial charge in [0.2, 0.25) is 0 Å². The van der Waals surface area contributed by atoms with E-state index < -0.39 is 5.60 Å². The molecule has 7 heteroatoms. The minimum Gasteiger partial charge on any atom is -0.388 e. The quantitative estimate of drug-likeness (QED) is 0.739. The summed E-state index contributed by atoms with van der Waals surface area (Å²) in [6.45, 7) is 6.04. The number of H-pyrrole nitrogens is 1. The van der Waals surface area contributed by atoms with Gasteiger partial charge >= 0.3 is 5.69 Å². The Morgan fingerprint density at radius 2 is 2.16 bits per heavy atom. The van der Waals surface area contributed by atoms with Crippen LogP contribution in [0.3, 0.4) is 0 Å². The SMILES string of the molecule is CCC(O)(CC)CNc1cc2n[nH]c(=O)n2c(C)n1. The van der Waals surface area contributed by atoms with Crippen molar-refractivity contribution in [3.8, 4) is 0 Å². The maximum absolute atomic E-state index is 11.5. The number of aromatic nitrogens is 4. The Hall–Kier alpha value is -1.89. The highest BCUT2D eigenvalue weighted by atomic mass is 16.3. The fourth-order valence-corrected chi connectivity index (χ4v) is 1.94. The molecule has 2 aromatic heterocycles. The Bertz CT molecular complexity index is 627. The molecule has 0 fully saturated rings. The molecule has 3 N–H and O–H groups in total. The molecule has 104 valence electrons. The van der Waals surface area contributed by atoms with Crippen LogP contribution in [0.2, 0.25) is 0 Å². The van der Waals surface area contributed by atoms with Crippen LogP contribution in [0.15, 0.2) is 10.9 Å². The first kappa shape index (κ1) is 13.5. The topological polar surface area (TPSA) is 95.3 Å². The molecule has 0 spiro atoms. The van der Waals surface area contributed by atoms with Crippen molar-refractivity contribution in [1.29, 1.82) is 0 Å². The molecule has 2 aromatic rings. The first-order chi connectivity index (χ1) is 8.99. The maximum atomic E-state index is 11.5. The van der Waals surface area contributed by atoms with Crippen LogP contribution >= 0.6 is 0 Å². The molecular weight excluding hydrogens is 246 g/mol. The van der Waals surface area contributed by atoms with E-state index in [-0.39, 0.29) is 5.69 Å². The third-order valence-electron chi connectivity index (χ3n) is 3.48. The molecule has 0 aliphatic heterocycles. The second-order valence-corrected chi connectivity index (χ2v) is 4.70. The lowest BCUT2D eigenvalue weighted by Crippen LogP contribution is -2.35. The number of aromatic amines is 1. The highest BCUT2D eigenvalue weighted by Crippen LogP contribution is 2.16. The summed E-state index contributed by atoms with van der Waals surface area (Å²) in [5.74, 6) is 1.15. The van der Waals surface area contributed by atoms with Gasteiger partial charge in [-0.05, 0) is 19.8 Å². The Morgan fingerprint density at radius 1 is 1.47 bits per heavy atom. The van der Waals surface area contributed by atoms with Gasteiger partial charge in [-0.15, -0.1) is 0 Å². The summed E-state index contributed by atoms with van der Waals surface area (Å²) in [5, 5.41) is 19.6. The van der Waals surface area contributed by atoms with Crippen LogP contribution < -0.4 is 11.0 Å². The van der Waals surface area contributed by atoms with Gasteiger partial charge in [-0.3, -0.25) is 0 Å². The zero-order valence-corrected chi connectivity index (χ0v) is 11.4. The van der Waals surface area contributed by atoms with Gasteiger partial charge in [0, 0.05) is 12.6 Å². The number of nitrogens with zero attached hydrogens (tertiary/aromatic N) is 3.